The Kier molecular flexibility index (Phi) is 6.65. The topological polar surface area (TPSA) is 96.9 Å². The summed E-state index contributed by atoms with van der Waals surface area (Å²) in [6, 6.07) is 8.55. The number of carbonyl (C=O) groups excluding carboxylic acids is 1. The van der Waals surface area contributed by atoms with E-state index >= 15 is 0 Å². The SMILES string of the molecule is CC(C)(C)[C@H](N)C(=O)Nc1ccc2nc(-c3ccco3)[nH]c2c1.Cl.Cl. The third kappa shape index (κ3) is 4.54. The Hall–Kier alpha value is -2.02. The lowest BCUT2D eigenvalue weighted by Gasteiger charge is -2.25. The van der Waals surface area contributed by atoms with Crippen molar-refractivity contribution in [2.75, 3.05) is 5.32 Å². The Morgan fingerprint density at radius 3 is 2.60 bits per heavy atom. The fourth-order valence-corrected chi connectivity index (χ4v) is 2.23. The molecular formula is C17H22Cl2N4O2. The molecule has 1 atom stereocenters. The highest BCUT2D eigenvalue weighted by Crippen LogP contribution is 2.24. The van der Waals surface area contributed by atoms with Gasteiger partial charge in [0.15, 0.2) is 11.6 Å². The van der Waals surface area contributed by atoms with Crippen molar-refractivity contribution in [3.05, 3.63) is 36.6 Å². The van der Waals surface area contributed by atoms with Gasteiger partial charge in [0.25, 0.3) is 0 Å². The molecule has 8 heteroatoms. The number of fused-ring (bicyclic) bond motifs is 1. The summed E-state index contributed by atoms with van der Waals surface area (Å²) >= 11 is 0. The van der Waals surface area contributed by atoms with E-state index in [1.807, 2.05) is 51.1 Å². The minimum absolute atomic E-state index is 0. The molecule has 3 aromatic rings. The second kappa shape index (κ2) is 7.91. The molecule has 0 aliphatic heterocycles. The number of hydrogen-bond acceptors (Lipinski definition) is 4. The molecule has 1 aromatic carbocycles. The maximum Gasteiger partial charge on any atom is 0.241 e. The molecule has 0 unspecified atom stereocenters. The van der Waals surface area contributed by atoms with Crippen molar-refractivity contribution in [3.8, 4) is 11.6 Å². The number of aromatic nitrogens is 2. The number of nitrogens with one attached hydrogen (secondary N) is 2. The fourth-order valence-electron chi connectivity index (χ4n) is 2.23. The highest BCUT2D eigenvalue weighted by molar-refractivity contribution is 5.97. The molecule has 0 fully saturated rings. The molecule has 0 aliphatic rings. The Balaban J connectivity index is 0.00000156. The summed E-state index contributed by atoms with van der Waals surface area (Å²) in [4.78, 5) is 19.9. The minimum atomic E-state index is -0.585. The molecule has 0 saturated heterocycles. The molecular weight excluding hydrogens is 363 g/mol. The monoisotopic (exact) mass is 384 g/mol. The summed E-state index contributed by atoms with van der Waals surface area (Å²) in [5.41, 5.74) is 7.98. The van der Waals surface area contributed by atoms with Gasteiger partial charge in [0.2, 0.25) is 5.91 Å². The van der Waals surface area contributed by atoms with Gasteiger partial charge in [-0.25, -0.2) is 4.98 Å². The van der Waals surface area contributed by atoms with Crippen LogP contribution in [0, 0.1) is 5.41 Å². The Morgan fingerprint density at radius 1 is 1.28 bits per heavy atom. The van der Waals surface area contributed by atoms with Crippen LogP contribution in [0.25, 0.3) is 22.6 Å². The van der Waals surface area contributed by atoms with Gasteiger partial charge in [-0.2, -0.15) is 0 Å². The van der Waals surface area contributed by atoms with Gasteiger partial charge in [0, 0.05) is 5.69 Å². The number of carbonyl (C=O) groups is 1. The molecule has 0 saturated carbocycles. The first-order valence-corrected chi connectivity index (χ1v) is 7.45. The largest absolute Gasteiger partial charge is 0.461 e. The van der Waals surface area contributed by atoms with Crippen molar-refractivity contribution in [3.63, 3.8) is 0 Å². The summed E-state index contributed by atoms with van der Waals surface area (Å²) in [6.07, 6.45) is 1.60. The lowest BCUT2D eigenvalue weighted by molar-refractivity contribution is -0.119. The lowest BCUT2D eigenvalue weighted by atomic mass is 9.87. The lowest BCUT2D eigenvalue weighted by Crippen LogP contribution is -2.45. The first-order chi connectivity index (χ1) is 10.8. The van der Waals surface area contributed by atoms with Crippen molar-refractivity contribution in [1.29, 1.82) is 0 Å². The number of amides is 1. The number of aromatic amines is 1. The van der Waals surface area contributed by atoms with E-state index in [0.29, 0.717) is 17.3 Å². The van der Waals surface area contributed by atoms with Gasteiger partial charge in [0.05, 0.1) is 23.3 Å². The van der Waals surface area contributed by atoms with Crippen LogP contribution in [0.5, 0.6) is 0 Å². The zero-order valence-corrected chi connectivity index (χ0v) is 15.8. The van der Waals surface area contributed by atoms with Gasteiger partial charge in [-0.05, 0) is 35.7 Å². The number of imidazole rings is 1. The van der Waals surface area contributed by atoms with Crippen LogP contribution in [0.1, 0.15) is 20.8 Å². The van der Waals surface area contributed by atoms with Crippen molar-refractivity contribution < 1.29 is 9.21 Å². The van der Waals surface area contributed by atoms with Crippen LogP contribution in [-0.4, -0.2) is 21.9 Å². The van der Waals surface area contributed by atoms with Crippen LogP contribution < -0.4 is 11.1 Å². The number of furan rings is 1. The van der Waals surface area contributed by atoms with Gasteiger partial charge in [-0.3, -0.25) is 4.79 Å². The summed E-state index contributed by atoms with van der Waals surface area (Å²) in [6.45, 7) is 5.81. The smallest absolute Gasteiger partial charge is 0.241 e. The number of H-pyrrole nitrogens is 1. The number of rotatable bonds is 3. The molecule has 6 nitrogen and oxygen atoms in total. The highest BCUT2D eigenvalue weighted by Gasteiger charge is 2.27. The average Bonchev–Trinajstić information content (AvgIpc) is 3.13. The first-order valence-electron chi connectivity index (χ1n) is 7.45. The zero-order valence-electron chi connectivity index (χ0n) is 14.2. The molecule has 0 radical (unpaired) electrons. The van der Waals surface area contributed by atoms with Crippen LogP contribution in [0.2, 0.25) is 0 Å². The van der Waals surface area contributed by atoms with Crippen LogP contribution in [0.4, 0.5) is 5.69 Å². The summed E-state index contributed by atoms with van der Waals surface area (Å²) in [5, 5.41) is 2.85. The molecule has 4 N–H and O–H groups in total. The standard InChI is InChI=1S/C17H20N4O2.2ClH/c1-17(2,3)14(18)16(22)19-10-6-7-11-12(9-10)21-15(20-11)13-5-4-8-23-13;;/h4-9,14H,18H2,1-3H3,(H,19,22)(H,20,21);2*1H/t14-;;/m1../s1. The predicted octanol–water partition coefficient (Wildman–Crippen LogP) is 3.98. The van der Waals surface area contributed by atoms with Gasteiger partial charge in [0.1, 0.15) is 0 Å². The molecule has 0 bridgehead atoms. The molecule has 0 aliphatic carbocycles. The van der Waals surface area contributed by atoms with E-state index in [4.69, 9.17) is 10.2 Å². The summed E-state index contributed by atoms with van der Waals surface area (Å²) < 4.78 is 5.33. The highest BCUT2D eigenvalue weighted by atomic mass is 35.5. The zero-order chi connectivity index (χ0) is 16.6. The quantitative estimate of drug-likeness (QED) is 0.635. The number of benzene rings is 1. The molecule has 2 aromatic heterocycles. The van der Waals surface area contributed by atoms with Gasteiger partial charge in [-0.15, -0.1) is 24.8 Å². The van der Waals surface area contributed by atoms with E-state index in [2.05, 4.69) is 15.3 Å². The molecule has 0 spiro atoms. The Labute approximate surface area is 158 Å². The number of nitrogens with zero attached hydrogens (tertiary/aromatic N) is 1. The maximum absolute atomic E-state index is 12.2. The van der Waals surface area contributed by atoms with E-state index in [1.165, 1.54) is 0 Å². The van der Waals surface area contributed by atoms with Crippen LogP contribution in [0.15, 0.2) is 41.0 Å². The Morgan fingerprint density at radius 2 is 2.00 bits per heavy atom. The molecule has 25 heavy (non-hydrogen) atoms. The van der Waals surface area contributed by atoms with Crippen molar-refractivity contribution in [2.24, 2.45) is 11.1 Å². The number of anilines is 1. The second-order valence-electron chi connectivity index (χ2n) is 6.63. The van der Waals surface area contributed by atoms with Crippen molar-refractivity contribution in [1.82, 2.24) is 9.97 Å². The van der Waals surface area contributed by atoms with E-state index in [-0.39, 0.29) is 36.1 Å². The summed E-state index contributed by atoms with van der Waals surface area (Å²) in [7, 11) is 0. The normalized spacial score (nSPS) is 12.2. The molecule has 1 amide bonds. The van der Waals surface area contributed by atoms with Crippen LogP contribution in [-0.2, 0) is 4.79 Å². The number of halogens is 2. The van der Waals surface area contributed by atoms with E-state index < -0.39 is 6.04 Å². The van der Waals surface area contributed by atoms with Gasteiger partial charge in [-0.1, -0.05) is 20.8 Å². The predicted molar refractivity (Wildman–Crippen MR) is 104 cm³/mol. The maximum atomic E-state index is 12.2. The second-order valence-corrected chi connectivity index (χ2v) is 6.63. The molecule has 136 valence electrons. The van der Waals surface area contributed by atoms with E-state index in [9.17, 15) is 4.79 Å². The van der Waals surface area contributed by atoms with E-state index in [0.717, 1.165) is 11.0 Å². The molecule has 3 rings (SSSR count). The summed E-state index contributed by atoms with van der Waals surface area (Å²) in [5.74, 6) is 1.11. The average molecular weight is 385 g/mol. The van der Waals surface area contributed by atoms with Crippen LogP contribution >= 0.6 is 24.8 Å². The third-order valence-electron chi connectivity index (χ3n) is 3.72. The van der Waals surface area contributed by atoms with Crippen molar-refractivity contribution in [2.45, 2.75) is 26.8 Å². The minimum Gasteiger partial charge on any atom is -0.461 e. The third-order valence-corrected chi connectivity index (χ3v) is 3.72. The van der Waals surface area contributed by atoms with Crippen LogP contribution in [0.3, 0.4) is 0 Å². The van der Waals surface area contributed by atoms with Crippen molar-refractivity contribution >= 4 is 47.4 Å². The Bertz CT molecular complexity index is 838. The van der Waals surface area contributed by atoms with Gasteiger partial charge >= 0.3 is 0 Å². The van der Waals surface area contributed by atoms with Gasteiger partial charge < -0.3 is 20.5 Å². The molecule has 2 heterocycles. The van der Waals surface area contributed by atoms with E-state index in [1.54, 1.807) is 6.26 Å². The number of nitrogens with two attached hydrogens (primary N) is 1. The first kappa shape index (κ1) is 21.0. The number of hydrogen-bond donors (Lipinski definition) is 3. The fraction of sp³-hybridized carbons (Fsp3) is 0.294.